The highest BCUT2D eigenvalue weighted by Gasteiger charge is 2.43. The molecule has 0 N–H and O–H groups in total. The molecule has 0 bridgehead atoms. The van der Waals surface area contributed by atoms with Crippen LogP contribution in [0.3, 0.4) is 0 Å². The van der Waals surface area contributed by atoms with Crippen LogP contribution in [0.4, 0.5) is 0 Å². The SMILES string of the molecule is CC(C)(C)[S@+]([O-])/N=C/CCC1(C2CCCCCCCCC2)OCCO1. The summed E-state index contributed by atoms with van der Waals surface area (Å²) in [6.45, 7) is 7.24. The zero-order chi connectivity index (χ0) is 18.2. The Kier molecular flexibility index (Phi) is 8.73. The molecule has 0 radical (unpaired) electrons. The van der Waals surface area contributed by atoms with E-state index in [2.05, 4.69) is 4.40 Å². The third-order valence-corrected chi connectivity index (χ3v) is 6.71. The molecule has 1 saturated carbocycles. The van der Waals surface area contributed by atoms with Crippen LogP contribution in [0, 0.1) is 5.92 Å². The Bertz CT molecular complexity index is 392. The van der Waals surface area contributed by atoms with E-state index in [1.165, 1.54) is 57.8 Å². The summed E-state index contributed by atoms with van der Waals surface area (Å²) in [5.74, 6) is 0.0451. The number of ether oxygens (including phenoxy) is 2. The molecule has 2 rings (SSSR count). The minimum Gasteiger partial charge on any atom is -0.591 e. The summed E-state index contributed by atoms with van der Waals surface area (Å²) >= 11 is -1.18. The van der Waals surface area contributed by atoms with Gasteiger partial charge in [0.1, 0.15) is 16.1 Å². The molecular weight excluding hydrogens is 334 g/mol. The summed E-state index contributed by atoms with van der Waals surface area (Å²) in [5.41, 5.74) is 0. The lowest BCUT2D eigenvalue weighted by Crippen LogP contribution is -2.39. The molecule has 5 heteroatoms. The molecule has 2 aliphatic rings. The zero-order valence-corrected chi connectivity index (χ0v) is 17.2. The second-order valence-corrected chi connectivity index (χ2v) is 10.4. The van der Waals surface area contributed by atoms with E-state index in [0.29, 0.717) is 19.1 Å². The van der Waals surface area contributed by atoms with E-state index in [0.717, 1.165) is 12.8 Å². The van der Waals surface area contributed by atoms with E-state index in [4.69, 9.17) is 9.47 Å². The second kappa shape index (κ2) is 10.3. The highest BCUT2D eigenvalue weighted by molar-refractivity contribution is 7.91. The summed E-state index contributed by atoms with van der Waals surface area (Å²) in [6.07, 6.45) is 15.1. The molecule has 0 aromatic rings. The van der Waals surface area contributed by atoms with Crippen LogP contribution in [0.2, 0.25) is 0 Å². The molecule has 1 saturated heterocycles. The van der Waals surface area contributed by atoms with Gasteiger partial charge in [0.15, 0.2) is 5.79 Å². The molecule has 146 valence electrons. The summed E-state index contributed by atoms with van der Waals surface area (Å²) in [7, 11) is 0. The first-order valence-corrected chi connectivity index (χ1v) is 11.3. The fourth-order valence-corrected chi connectivity index (χ4v) is 4.41. The first-order valence-electron chi connectivity index (χ1n) is 10.2. The predicted octanol–water partition coefficient (Wildman–Crippen LogP) is 5.18. The molecule has 0 amide bonds. The van der Waals surface area contributed by atoms with E-state index in [-0.39, 0.29) is 4.75 Å². The fraction of sp³-hybridized carbons (Fsp3) is 0.950. The van der Waals surface area contributed by atoms with Gasteiger partial charge in [0, 0.05) is 12.3 Å². The number of hydrogen-bond acceptors (Lipinski definition) is 4. The van der Waals surface area contributed by atoms with E-state index in [1.54, 1.807) is 0 Å². The Labute approximate surface area is 157 Å². The first kappa shape index (κ1) is 21.2. The molecule has 0 unspecified atom stereocenters. The van der Waals surface area contributed by atoms with Gasteiger partial charge in [-0.05, 0) is 40.0 Å². The monoisotopic (exact) mass is 371 g/mol. The Morgan fingerprint density at radius 1 is 1.00 bits per heavy atom. The van der Waals surface area contributed by atoms with Gasteiger partial charge in [0.25, 0.3) is 0 Å². The van der Waals surface area contributed by atoms with Crippen LogP contribution in [0.5, 0.6) is 0 Å². The van der Waals surface area contributed by atoms with Crippen molar-refractivity contribution in [2.75, 3.05) is 13.2 Å². The topological polar surface area (TPSA) is 53.9 Å². The number of rotatable bonds is 5. The Morgan fingerprint density at radius 2 is 1.52 bits per heavy atom. The standard InChI is InChI=1S/C20H37NO3S/c1-19(2,3)25(22)21-15-11-14-20(23-16-17-24-20)18-12-9-7-5-4-6-8-10-13-18/h15,18H,4-14,16-17H2,1-3H3/b21-15+/t25-/m0/s1. The van der Waals surface area contributed by atoms with Crippen LogP contribution < -0.4 is 0 Å². The highest BCUT2D eigenvalue weighted by atomic mass is 32.2. The van der Waals surface area contributed by atoms with Crippen molar-refractivity contribution in [1.82, 2.24) is 0 Å². The largest absolute Gasteiger partial charge is 0.591 e. The van der Waals surface area contributed by atoms with Gasteiger partial charge in [-0.15, -0.1) is 0 Å². The van der Waals surface area contributed by atoms with E-state index < -0.39 is 17.1 Å². The fourth-order valence-electron chi connectivity index (χ4n) is 3.85. The summed E-state index contributed by atoms with van der Waals surface area (Å²) in [6, 6.07) is 0. The molecular formula is C20H37NO3S. The van der Waals surface area contributed by atoms with Crippen molar-refractivity contribution in [2.45, 2.75) is 102 Å². The van der Waals surface area contributed by atoms with Crippen molar-refractivity contribution < 1.29 is 14.0 Å². The van der Waals surface area contributed by atoms with Gasteiger partial charge in [-0.25, -0.2) is 0 Å². The molecule has 1 atom stereocenters. The summed E-state index contributed by atoms with van der Waals surface area (Å²) in [5, 5.41) is 0. The van der Waals surface area contributed by atoms with Gasteiger partial charge in [-0.1, -0.05) is 49.3 Å². The smallest absolute Gasteiger partial charge is 0.171 e. The molecule has 2 fully saturated rings. The van der Waals surface area contributed by atoms with Crippen molar-refractivity contribution in [3.63, 3.8) is 0 Å². The van der Waals surface area contributed by atoms with Gasteiger partial charge in [-0.3, -0.25) is 0 Å². The Morgan fingerprint density at radius 3 is 2.04 bits per heavy atom. The minimum absolute atomic E-state index is 0.301. The molecule has 0 aromatic heterocycles. The van der Waals surface area contributed by atoms with Crippen molar-refractivity contribution >= 4 is 17.6 Å². The van der Waals surface area contributed by atoms with Gasteiger partial charge in [0.05, 0.1) is 19.4 Å². The first-order chi connectivity index (χ1) is 11.9. The lowest BCUT2D eigenvalue weighted by atomic mass is 9.84. The van der Waals surface area contributed by atoms with E-state index in [1.807, 2.05) is 27.0 Å². The van der Waals surface area contributed by atoms with Gasteiger partial charge in [-0.2, -0.15) is 0 Å². The van der Waals surface area contributed by atoms with Crippen molar-refractivity contribution in [1.29, 1.82) is 0 Å². The van der Waals surface area contributed by atoms with Crippen LogP contribution in [0.1, 0.15) is 91.4 Å². The lowest BCUT2D eigenvalue weighted by molar-refractivity contribution is -0.202. The van der Waals surface area contributed by atoms with E-state index >= 15 is 0 Å². The van der Waals surface area contributed by atoms with Crippen LogP contribution in [-0.2, 0) is 20.8 Å². The third-order valence-electron chi connectivity index (χ3n) is 5.32. The molecule has 4 nitrogen and oxygen atoms in total. The molecule has 1 aliphatic heterocycles. The zero-order valence-electron chi connectivity index (χ0n) is 16.4. The minimum atomic E-state index is -1.18. The molecule has 0 spiro atoms. The normalized spacial score (nSPS) is 25.3. The van der Waals surface area contributed by atoms with Crippen LogP contribution in [0.15, 0.2) is 4.40 Å². The third kappa shape index (κ3) is 6.85. The molecule has 1 aliphatic carbocycles. The predicted molar refractivity (Wildman–Crippen MR) is 105 cm³/mol. The highest BCUT2D eigenvalue weighted by Crippen LogP contribution is 2.39. The average Bonchev–Trinajstić information content (AvgIpc) is 3.05. The lowest BCUT2D eigenvalue weighted by Gasteiger charge is -2.36. The van der Waals surface area contributed by atoms with Crippen LogP contribution in [-0.4, -0.2) is 34.5 Å². The van der Waals surface area contributed by atoms with Gasteiger partial charge >= 0.3 is 0 Å². The Hall–Kier alpha value is -0.100. The van der Waals surface area contributed by atoms with Crippen molar-refractivity contribution in [3.05, 3.63) is 0 Å². The number of nitrogens with zero attached hydrogens (tertiary/aromatic N) is 1. The summed E-state index contributed by atoms with van der Waals surface area (Å²) in [4.78, 5) is 0. The van der Waals surface area contributed by atoms with E-state index in [9.17, 15) is 4.55 Å². The maximum atomic E-state index is 12.0. The van der Waals surface area contributed by atoms with Crippen LogP contribution in [0.25, 0.3) is 0 Å². The molecule has 25 heavy (non-hydrogen) atoms. The molecule has 1 heterocycles. The second-order valence-electron chi connectivity index (χ2n) is 8.45. The Balaban J connectivity index is 1.93. The summed E-state index contributed by atoms with van der Waals surface area (Å²) < 4.78 is 28.3. The van der Waals surface area contributed by atoms with Gasteiger partial charge < -0.3 is 14.0 Å². The van der Waals surface area contributed by atoms with Crippen LogP contribution >= 0.6 is 0 Å². The average molecular weight is 372 g/mol. The van der Waals surface area contributed by atoms with Crippen molar-refractivity contribution in [3.8, 4) is 0 Å². The maximum Gasteiger partial charge on any atom is 0.171 e. The van der Waals surface area contributed by atoms with Crippen molar-refractivity contribution in [2.24, 2.45) is 10.3 Å². The maximum absolute atomic E-state index is 12.0. The number of hydrogen-bond donors (Lipinski definition) is 0. The quantitative estimate of drug-likeness (QED) is 0.494. The van der Waals surface area contributed by atoms with Gasteiger partial charge in [0.2, 0.25) is 0 Å². The molecule has 0 aromatic carbocycles.